The molecule has 1 fully saturated rings. The van der Waals surface area contributed by atoms with Gasteiger partial charge in [0.2, 0.25) is 10.0 Å². The monoisotopic (exact) mass is 399 g/mol. The number of nitrogens with zero attached hydrogens (tertiary/aromatic N) is 2. The van der Waals surface area contributed by atoms with Crippen molar-refractivity contribution < 1.29 is 17.9 Å². The molecule has 0 spiro atoms. The number of hydrogen-bond donors (Lipinski definition) is 1. The maximum absolute atomic E-state index is 12.5. The van der Waals surface area contributed by atoms with Crippen LogP contribution in [0.3, 0.4) is 0 Å². The smallest absolute Gasteiger partial charge is 0.240 e. The fraction of sp³-hybridized carbons (Fsp3) is 0.684. The molecule has 0 atom stereocenters. The summed E-state index contributed by atoms with van der Waals surface area (Å²) in [5.41, 5.74) is 0.795. The highest BCUT2D eigenvalue weighted by Gasteiger charge is 2.16. The van der Waals surface area contributed by atoms with Crippen LogP contribution in [0, 0.1) is 6.92 Å². The normalized spacial score (nSPS) is 16.6. The quantitative estimate of drug-likeness (QED) is 0.566. The molecule has 1 aliphatic heterocycles. The van der Waals surface area contributed by atoms with Crippen molar-refractivity contribution in [3.8, 4) is 5.75 Å². The SMILES string of the molecule is COCCOc1ccc(S(=O)(=O)NCCCCN2CCN(C)CC2)cc1C. The minimum Gasteiger partial charge on any atom is -0.491 e. The number of hydrogen-bond acceptors (Lipinski definition) is 6. The third kappa shape index (κ3) is 7.38. The van der Waals surface area contributed by atoms with Gasteiger partial charge in [-0.05, 0) is 57.1 Å². The number of benzene rings is 1. The van der Waals surface area contributed by atoms with Gasteiger partial charge in [0.05, 0.1) is 11.5 Å². The van der Waals surface area contributed by atoms with Gasteiger partial charge in [-0.1, -0.05) is 0 Å². The van der Waals surface area contributed by atoms with Crippen molar-refractivity contribution in [3.63, 3.8) is 0 Å². The number of rotatable bonds is 11. The van der Waals surface area contributed by atoms with Crippen LogP contribution in [0.1, 0.15) is 18.4 Å². The molecule has 1 aromatic carbocycles. The number of ether oxygens (including phenoxy) is 2. The van der Waals surface area contributed by atoms with Gasteiger partial charge >= 0.3 is 0 Å². The van der Waals surface area contributed by atoms with E-state index < -0.39 is 10.0 Å². The fourth-order valence-electron chi connectivity index (χ4n) is 3.01. The van der Waals surface area contributed by atoms with Gasteiger partial charge in [0.25, 0.3) is 0 Å². The largest absolute Gasteiger partial charge is 0.491 e. The van der Waals surface area contributed by atoms with Gasteiger partial charge in [0, 0.05) is 39.8 Å². The molecule has 1 aliphatic rings. The Labute approximate surface area is 163 Å². The first-order chi connectivity index (χ1) is 12.9. The van der Waals surface area contributed by atoms with E-state index in [-0.39, 0.29) is 4.90 Å². The van der Waals surface area contributed by atoms with Crippen LogP contribution in [0.15, 0.2) is 23.1 Å². The molecule has 2 rings (SSSR count). The molecule has 0 bridgehead atoms. The predicted octanol–water partition coefficient (Wildman–Crippen LogP) is 1.33. The summed E-state index contributed by atoms with van der Waals surface area (Å²) in [6.07, 6.45) is 1.83. The lowest BCUT2D eigenvalue weighted by Crippen LogP contribution is -2.44. The highest BCUT2D eigenvalue weighted by Crippen LogP contribution is 2.21. The number of aryl methyl sites for hydroxylation is 1. The molecule has 7 nitrogen and oxygen atoms in total. The van der Waals surface area contributed by atoms with Crippen LogP contribution in [0.5, 0.6) is 5.75 Å². The Bertz CT molecular complexity index is 674. The maximum Gasteiger partial charge on any atom is 0.240 e. The average Bonchev–Trinajstić information content (AvgIpc) is 2.64. The van der Waals surface area contributed by atoms with Crippen molar-refractivity contribution in [1.29, 1.82) is 0 Å². The van der Waals surface area contributed by atoms with E-state index in [9.17, 15) is 8.42 Å². The van der Waals surface area contributed by atoms with Gasteiger partial charge in [-0.2, -0.15) is 0 Å². The number of nitrogens with one attached hydrogen (secondary N) is 1. The predicted molar refractivity (Wildman–Crippen MR) is 107 cm³/mol. The summed E-state index contributed by atoms with van der Waals surface area (Å²) in [6.45, 7) is 8.68. The molecule has 0 aromatic heterocycles. The molecule has 154 valence electrons. The van der Waals surface area contributed by atoms with Crippen molar-refractivity contribution in [2.75, 3.05) is 66.6 Å². The summed E-state index contributed by atoms with van der Waals surface area (Å²) in [5, 5.41) is 0. The van der Waals surface area contributed by atoms with Crippen molar-refractivity contribution in [2.24, 2.45) is 0 Å². The molecule has 0 amide bonds. The Morgan fingerprint density at radius 1 is 1.11 bits per heavy atom. The Balaban J connectivity index is 1.74. The zero-order valence-electron chi connectivity index (χ0n) is 16.7. The lowest BCUT2D eigenvalue weighted by Gasteiger charge is -2.32. The lowest BCUT2D eigenvalue weighted by atomic mass is 10.2. The van der Waals surface area contributed by atoms with E-state index in [2.05, 4.69) is 21.6 Å². The second kappa shape index (κ2) is 11.0. The van der Waals surface area contributed by atoms with Crippen LogP contribution in [0.25, 0.3) is 0 Å². The highest BCUT2D eigenvalue weighted by molar-refractivity contribution is 7.89. The minimum atomic E-state index is -3.49. The summed E-state index contributed by atoms with van der Waals surface area (Å²) >= 11 is 0. The van der Waals surface area contributed by atoms with Crippen LogP contribution >= 0.6 is 0 Å². The molecule has 1 saturated heterocycles. The first kappa shape index (κ1) is 22.1. The molecule has 1 aromatic rings. The standard InChI is InChI=1S/C19H33N3O4S/c1-17-16-18(6-7-19(17)26-15-14-25-3)27(23,24)20-8-4-5-9-22-12-10-21(2)11-13-22/h6-7,16,20H,4-5,8-15H2,1-3H3. The third-order valence-electron chi connectivity index (χ3n) is 4.79. The first-order valence-electron chi connectivity index (χ1n) is 9.55. The summed E-state index contributed by atoms with van der Waals surface area (Å²) in [7, 11) is 0.271. The van der Waals surface area contributed by atoms with E-state index in [1.807, 2.05) is 6.92 Å². The minimum absolute atomic E-state index is 0.276. The van der Waals surface area contributed by atoms with Crippen LogP contribution < -0.4 is 9.46 Å². The van der Waals surface area contributed by atoms with E-state index in [0.717, 1.165) is 51.1 Å². The number of methoxy groups -OCH3 is 1. The molecule has 0 unspecified atom stereocenters. The van der Waals surface area contributed by atoms with Crippen molar-refractivity contribution in [3.05, 3.63) is 23.8 Å². The molecule has 0 aliphatic carbocycles. The number of likely N-dealkylation sites (N-methyl/N-ethyl adjacent to an activating group) is 1. The van der Waals surface area contributed by atoms with E-state index in [4.69, 9.17) is 9.47 Å². The molecule has 27 heavy (non-hydrogen) atoms. The second-order valence-electron chi connectivity index (χ2n) is 7.02. The molecule has 1 heterocycles. The summed E-state index contributed by atoms with van der Waals surface area (Å²) < 4.78 is 38.2. The molecule has 0 saturated carbocycles. The molecule has 1 N–H and O–H groups in total. The number of sulfonamides is 1. The van der Waals surface area contributed by atoms with Crippen LogP contribution in [0.4, 0.5) is 0 Å². The Morgan fingerprint density at radius 3 is 2.52 bits per heavy atom. The van der Waals surface area contributed by atoms with Crippen molar-refractivity contribution in [2.45, 2.75) is 24.7 Å². The van der Waals surface area contributed by atoms with E-state index in [0.29, 0.717) is 25.5 Å². The van der Waals surface area contributed by atoms with Crippen molar-refractivity contribution >= 4 is 10.0 Å². The van der Waals surface area contributed by atoms with E-state index in [1.54, 1.807) is 25.3 Å². The van der Waals surface area contributed by atoms with Crippen molar-refractivity contribution in [1.82, 2.24) is 14.5 Å². The van der Waals surface area contributed by atoms with Gasteiger partial charge in [-0.15, -0.1) is 0 Å². The molecular formula is C19H33N3O4S. The van der Waals surface area contributed by atoms with Gasteiger partial charge < -0.3 is 19.3 Å². The number of unbranched alkanes of at least 4 members (excludes halogenated alkanes) is 1. The molecule has 0 radical (unpaired) electrons. The Morgan fingerprint density at radius 2 is 1.85 bits per heavy atom. The average molecular weight is 400 g/mol. The summed E-state index contributed by atoms with van der Waals surface area (Å²) in [4.78, 5) is 5.05. The van der Waals surface area contributed by atoms with E-state index >= 15 is 0 Å². The Hall–Kier alpha value is -1.19. The van der Waals surface area contributed by atoms with Gasteiger partial charge in [0.15, 0.2) is 0 Å². The van der Waals surface area contributed by atoms with Crippen LogP contribution in [-0.2, 0) is 14.8 Å². The fourth-order valence-corrected chi connectivity index (χ4v) is 4.17. The number of piperazine rings is 1. The van der Waals surface area contributed by atoms with Crippen LogP contribution in [0.2, 0.25) is 0 Å². The second-order valence-corrected chi connectivity index (χ2v) is 8.79. The topological polar surface area (TPSA) is 71.1 Å². The van der Waals surface area contributed by atoms with Crippen LogP contribution in [-0.4, -0.2) is 84.9 Å². The molecular weight excluding hydrogens is 366 g/mol. The molecule has 8 heteroatoms. The van der Waals surface area contributed by atoms with Gasteiger partial charge in [-0.25, -0.2) is 13.1 Å². The van der Waals surface area contributed by atoms with E-state index in [1.165, 1.54) is 0 Å². The Kier molecular flexibility index (Phi) is 8.98. The highest BCUT2D eigenvalue weighted by atomic mass is 32.2. The first-order valence-corrected chi connectivity index (χ1v) is 11.0. The summed E-state index contributed by atoms with van der Waals surface area (Å²) in [5.74, 6) is 0.679. The van der Waals surface area contributed by atoms with Gasteiger partial charge in [0.1, 0.15) is 12.4 Å². The lowest BCUT2D eigenvalue weighted by molar-refractivity contribution is 0.146. The maximum atomic E-state index is 12.5. The zero-order valence-corrected chi connectivity index (χ0v) is 17.6. The van der Waals surface area contributed by atoms with Gasteiger partial charge in [-0.3, -0.25) is 0 Å². The third-order valence-corrected chi connectivity index (χ3v) is 6.25. The zero-order chi connectivity index (χ0) is 19.7. The summed E-state index contributed by atoms with van der Waals surface area (Å²) in [6, 6.07) is 4.93.